The lowest BCUT2D eigenvalue weighted by Crippen LogP contribution is -1.81. The first-order chi connectivity index (χ1) is 8.33. The summed E-state index contributed by atoms with van der Waals surface area (Å²) < 4.78 is 0. The Bertz CT molecular complexity index is 118. The highest BCUT2D eigenvalue weighted by molar-refractivity contribution is 5.32. The molecule has 0 unspecified atom stereocenters. The quantitative estimate of drug-likeness (QED) is 0.392. The van der Waals surface area contributed by atoms with Crippen molar-refractivity contribution in [3.63, 3.8) is 0 Å². The zero-order valence-corrected chi connectivity index (χ0v) is 12.3. The van der Waals surface area contributed by atoms with E-state index >= 15 is 0 Å². The van der Waals surface area contributed by atoms with E-state index in [0.717, 1.165) is 0 Å². The fraction of sp³-hybridized carbons (Fsp3) is 0.933. The van der Waals surface area contributed by atoms with Crippen LogP contribution in [0, 0.1) is 0 Å². The maximum absolute atomic E-state index is 8.36. The fourth-order valence-corrected chi connectivity index (χ4v) is 1.91. The average molecular weight is 264 g/mol. The average Bonchev–Trinajstić information content (AvgIpc) is 2.33. The van der Waals surface area contributed by atoms with Crippen LogP contribution in [0.15, 0.2) is 0 Å². The highest BCUT2D eigenvalue weighted by atomic mass is 19.0. The van der Waals surface area contributed by atoms with Crippen LogP contribution in [0.3, 0.4) is 0 Å². The van der Waals surface area contributed by atoms with Crippen molar-refractivity contribution >= 4 is 6.47 Å². The van der Waals surface area contributed by atoms with Gasteiger partial charge in [-0.1, -0.05) is 90.9 Å². The topological polar surface area (TPSA) is 37.3 Å². The van der Waals surface area contributed by atoms with Gasteiger partial charge in [-0.05, 0) is 0 Å². The zero-order chi connectivity index (χ0) is 13.2. The summed E-state index contributed by atoms with van der Waals surface area (Å²) in [6.07, 6.45) is 17.4. The van der Waals surface area contributed by atoms with E-state index < -0.39 is 0 Å². The number of unbranched alkanes of at least 4 members (excludes halogenated alkanes) is 11. The summed E-state index contributed by atoms with van der Waals surface area (Å²) in [6.45, 7) is 4.32. The maximum Gasteiger partial charge on any atom is 0.290 e. The molecule has 0 rings (SSSR count). The van der Waals surface area contributed by atoms with Gasteiger partial charge in [-0.3, -0.25) is 9.50 Å². The molecule has 112 valence electrons. The molecule has 0 aliphatic rings. The smallest absolute Gasteiger partial charge is 0.290 e. The minimum absolute atomic E-state index is 0. The highest BCUT2D eigenvalue weighted by Crippen LogP contribution is 2.11. The Morgan fingerprint density at radius 2 is 0.833 bits per heavy atom. The van der Waals surface area contributed by atoms with Gasteiger partial charge in [0.15, 0.2) is 0 Å². The Hall–Kier alpha value is -0.600. The van der Waals surface area contributed by atoms with Crippen molar-refractivity contribution in [3.8, 4) is 0 Å². The summed E-state index contributed by atoms with van der Waals surface area (Å²) in [4.78, 5) is 8.36. The monoisotopic (exact) mass is 264 g/mol. The number of carbonyl (C=O) groups is 1. The summed E-state index contributed by atoms with van der Waals surface area (Å²) in [7, 11) is 0. The minimum atomic E-state index is -0.250. The first kappa shape index (κ1) is 22.6. The summed E-state index contributed by atoms with van der Waals surface area (Å²) >= 11 is 0. The fourth-order valence-electron chi connectivity index (χ4n) is 1.91. The molecule has 0 fully saturated rings. The summed E-state index contributed by atoms with van der Waals surface area (Å²) in [5, 5.41) is 6.89. The third-order valence-electron chi connectivity index (χ3n) is 2.96. The van der Waals surface area contributed by atoms with Gasteiger partial charge in [0.25, 0.3) is 6.47 Å². The van der Waals surface area contributed by atoms with E-state index in [1.54, 1.807) is 0 Å². The Labute approximate surface area is 113 Å². The summed E-state index contributed by atoms with van der Waals surface area (Å²) in [6, 6.07) is 0. The zero-order valence-electron chi connectivity index (χ0n) is 12.3. The first-order valence-electron chi connectivity index (χ1n) is 7.41. The molecule has 0 heterocycles. The van der Waals surface area contributed by atoms with E-state index in [4.69, 9.17) is 9.90 Å². The predicted molar refractivity (Wildman–Crippen MR) is 77.9 cm³/mol. The van der Waals surface area contributed by atoms with Crippen LogP contribution < -0.4 is 0 Å². The molecule has 0 aromatic carbocycles. The first-order valence-corrected chi connectivity index (χ1v) is 7.41. The van der Waals surface area contributed by atoms with Crippen LogP contribution in [-0.2, 0) is 4.79 Å². The van der Waals surface area contributed by atoms with Gasteiger partial charge in [0.05, 0.1) is 0 Å². The molecular weight excluding hydrogens is 231 g/mol. The van der Waals surface area contributed by atoms with Crippen LogP contribution in [0.25, 0.3) is 0 Å². The molecule has 0 spiro atoms. The number of carboxylic acid groups (broad SMARTS) is 1. The van der Waals surface area contributed by atoms with Gasteiger partial charge < -0.3 is 5.11 Å². The highest BCUT2D eigenvalue weighted by Gasteiger charge is 1.91. The molecule has 0 aliphatic heterocycles. The van der Waals surface area contributed by atoms with E-state index in [-0.39, 0.29) is 11.2 Å². The lowest BCUT2D eigenvalue weighted by molar-refractivity contribution is -0.122. The van der Waals surface area contributed by atoms with Crippen LogP contribution in [0.1, 0.15) is 90.9 Å². The van der Waals surface area contributed by atoms with Crippen molar-refractivity contribution in [2.24, 2.45) is 0 Å². The second-order valence-corrected chi connectivity index (χ2v) is 4.64. The molecule has 0 saturated heterocycles. The van der Waals surface area contributed by atoms with Crippen LogP contribution in [0.5, 0.6) is 0 Å². The van der Waals surface area contributed by atoms with Gasteiger partial charge in [-0.25, -0.2) is 0 Å². The second-order valence-electron chi connectivity index (χ2n) is 4.64. The normalized spacial score (nSPS) is 9.00. The van der Waals surface area contributed by atoms with Gasteiger partial charge in [0.1, 0.15) is 0 Å². The van der Waals surface area contributed by atoms with Crippen molar-refractivity contribution in [3.05, 3.63) is 0 Å². The van der Waals surface area contributed by atoms with E-state index in [1.807, 2.05) is 0 Å². The van der Waals surface area contributed by atoms with E-state index in [9.17, 15) is 0 Å². The summed E-state index contributed by atoms with van der Waals surface area (Å²) in [5.74, 6) is 0. The molecule has 3 heteroatoms. The van der Waals surface area contributed by atoms with Crippen molar-refractivity contribution in [1.82, 2.24) is 0 Å². The molecule has 2 nitrogen and oxygen atoms in total. The van der Waals surface area contributed by atoms with E-state index in [2.05, 4.69) is 13.8 Å². The van der Waals surface area contributed by atoms with Gasteiger partial charge in [0, 0.05) is 0 Å². The third kappa shape index (κ3) is 29.5. The lowest BCUT2D eigenvalue weighted by Gasteiger charge is -2.01. The second kappa shape index (κ2) is 25.3. The van der Waals surface area contributed by atoms with Crippen LogP contribution in [-0.4, -0.2) is 11.6 Å². The number of rotatable bonds is 11. The molecule has 18 heavy (non-hydrogen) atoms. The van der Waals surface area contributed by atoms with Crippen LogP contribution in [0.2, 0.25) is 0 Å². The molecule has 0 aliphatic carbocycles. The molecular formula is C15H33FO2. The van der Waals surface area contributed by atoms with E-state index in [0.29, 0.717) is 0 Å². The van der Waals surface area contributed by atoms with Gasteiger partial charge >= 0.3 is 0 Å². The molecule has 0 bridgehead atoms. The number of halogens is 1. The molecule has 1 N–H and O–H groups in total. The van der Waals surface area contributed by atoms with Crippen molar-refractivity contribution < 1.29 is 14.6 Å². The van der Waals surface area contributed by atoms with E-state index in [1.165, 1.54) is 77.0 Å². The van der Waals surface area contributed by atoms with Crippen molar-refractivity contribution in [2.75, 3.05) is 0 Å². The molecule has 0 atom stereocenters. The van der Waals surface area contributed by atoms with Crippen molar-refractivity contribution in [2.45, 2.75) is 90.9 Å². The standard InChI is InChI=1S/C14H30.CH2O2.FH/c1-3-5-7-9-11-13-14-12-10-8-6-4-2;2-1-3;/h3-14H2,1-2H3;1H,(H,2,3);1H. The number of hydrogen-bond donors (Lipinski definition) is 1. The largest absolute Gasteiger partial charge is 0.483 e. The molecule has 0 amide bonds. The molecule has 0 saturated carbocycles. The molecule has 0 aromatic heterocycles. The van der Waals surface area contributed by atoms with Gasteiger partial charge in [-0.15, -0.1) is 0 Å². The van der Waals surface area contributed by atoms with Crippen LogP contribution in [0.4, 0.5) is 4.70 Å². The van der Waals surface area contributed by atoms with Crippen molar-refractivity contribution in [1.29, 1.82) is 0 Å². The number of hydrogen-bond acceptors (Lipinski definition) is 1. The van der Waals surface area contributed by atoms with Gasteiger partial charge in [-0.2, -0.15) is 0 Å². The Balaban J connectivity index is -0.000000507. The molecule has 0 radical (unpaired) electrons. The van der Waals surface area contributed by atoms with Gasteiger partial charge in [0.2, 0.25) is 0 Å². The predicted octanol–water partition coefficient (Wildman–Crippen LogP) is 5.56. The third-order valence-corrected chi connectivity index (χ3v) is 2.96. The SMILES string of the molecule is CCCCCCCCCCCCCC.F.O=CO. The maximum atomic E-state index is 8.36. The Morgan fingerprint density at radius 3 is 1.00 bits per heavy atom. The Morgan fingerprint density at radius 1 is 0.667 bits per heavy atom. The summed E-state index contributed by atoms with van der Waals surface area (Å²) in [5.41, 5.74) is 0. The molecule has 0 aromatic rings. The lowest BCUT2D eigenvalue weighted by atomic mass is 10.1. The van der Waals surface area contributed by atoms with Crippen LogP contribution >= 0.6 is 0 Å². The minimum Gasteiger partial charge on any atom is -0.483 e. The Kier molecular flexibility index (Phi) is 31.7.